The molecule has 1 amide bonds. The highest BCUT2D eigenvalue weighted by molar-refractivity contribution is 8.00. The van der Waals surface area contributed by atoms with E-state index >= 15 is 0 Å². The van der Waals surface area contributed by atoms with Gasteiger partial charge in [0.2, 0.25) is 11.6 Å². The van der Waals surface area contributed by atoms with Gasteiger partial charge in [-0.1, -0.05) is 25.1 Å². The van der Waals surface area contributed by atoms with Crippen molar-refractivity contribution >= 4 is 29.3 Å². The number of anilines is 1. The van der Waals surface area contributed by atoms with Gasteiger partial charge in [-0.05, 0) is 52.4 Å². The number of carboxylic acid groups (broad SMARTS) is 1. The molecule has 2 aromatic carbocycles. The van der Waals surface area contributed by atoms with E-state index in [1.54, 1.807) is 12.1 Å². The molecular weight excluding hydrogens is 382 g/mol. The van der Waals surface area contributed by atoms with Crippen molar-refractivity contribution in [2.75, 3.05) is 5.32 Å². The number of carbonyl (C=O) groups excluding carboxylic acids is 1. The van der Waals surface area contributed by atoms with E-state index < -0.39 is 16.8 Å². The Labute approximate surface area is 164 Å². The third kappa shape index (κ3) is 4.32. The number of para-hydroxylation sites is 1. The zero-order valence-electron chi connectivity index (χ0n) is 14.9. The van der Waals surface area contributed by atoms with Gasteiger partial charge in [0.25, 0.3) is 0 Å². The lowest BCUT2D eigenvalue weighted by Gasteiger charge is -2.12. The van der Waals surface area contributed by atoms with Gasteiger partial charge in [0, 0.05) is 17.8 Å². The number of aromatic nitrogens is 2. The first-order chi connectivity index (χ1) is 13.5. The SMILES string of the molecule is CCC(Sc1c(=O)o[nH][n+]1-c1ccccc1)C(=O)Nc1ccc(C(=O)O)cc1. The van der Waals surface area contributed by atoms with Crippen LogP contribution in [0.5, 0.6) is 0 Å². The summed E-state index contributed by atoms with van der Waals surface area (Å²) in [5.41, 5.74) is 0.751. The lowest BCUT2D eigenvalue weighted by Crippen LogP contribution is -2.37. The van der Waals surface area contributed by atoms with Gasteiger partial charge < -0.3 is 10.4 Å². The Morgan fingerprint density at radius 3 is 2.46 bits per heavy atom. The molecule has 9 heteroatoms. The molecule has 0 spiro atoms. The van der Waals surface area contributed by atoms with Crippen LogP contribution in [0.4, 0.5) is 5.69 Å². The number of rotatable bonds is 7. The van der Waals surface area contributed by atoms with E-state index in [1.165, 1.54) is 28.9 Å². The minimum Gasteiger partial charge on any atom is -0.478 e. The van der Waals surface area contributed by atoms with Gasteiger partial charge >= 0.3 is 16.6 Å². The minimum atomic E-state index is -1.04. The molecule has 0 saturated heterocycles. The Hall–Kier alpha value is -3.33. The minimum absolute atomic E-state index is 0.133. The second kappa shape index (κ2) is 8.57. The molecule has 144 valence electrons. The van der Waals surface area contributed by atoms with Crippen molar-refractivity contribution in [3.05, 3.63) is 70.6 Å². The molecule has 1 unspecified atom stereocenters. The number of hydrogen-bond acceptors (Lipinski definition) is 5. The number of H-pyrrole nitrogens is 1. The highest BCUT2D eigenvalue weighted by atomic mass is 32.2. The molecule has 1 heterocycles. The van der Waals surface area contributed by atoms with Crippen molar-refractivity contribution in [1.82, 2.24) is 5.27 Å². The highest BCUT2D eigenvalue weighted by Gasteiger charge is 2.30. The molecule has 3 rings (SSSR count). The predicted molar refractivity (Wildman–Crippen MR) is 103 cm³/mol. The number of benzene rings is 2. The molecule has 3 aromatic rings. The first kappa shape index (κ1) is 19.4. The average molecular weight is 400 g/mol. The smallest absolute Gasteiger partial charge is 0.442 e. The number of thioether (sulfide) groups is 1. The molecule has 1 aromatic heterocycles. The Kier molecular flexibility index (Phi) is 5.95. The van der Waals surface area contributed by atoms with Crippen molar-refractivity contribution in [2.24, 2.45) is 0 Å². The summed E-state index contributed by atoms with van der Waals surface area (Å²) < 4.78 is 6.39. The fourth-order valence-corrected chi connectivity index (χ4v) is 3.48. The van der Waals surface area contributed by atoms with Gasteiger partial charge in [-0.2, -0.15) is 0 Å². The van der Waals surface area contributed by atoms with Crippen LogP contribution in [0.15, 0.2) is 68.9 Å². The zero-order chi connectivity index (χ0) is 20.1. The van der Waals surface area contributed by atoms with Crippen LogP contribution in [-0.4, -0.2) is 27.5 Å². The van der Waals surface area contributed by atoms with Crippen LogP contribution in [0, 0.1) is 0 Å². The van der Waals surface area contributed by atoms with Crippen LogP contribution < -0.4 is 15.6 Å². The Bertz CT molecular complexity index is 1030. The van der Waals surface area contributed by atoms with E-state index in [4.69, 9.17) is 9.63 Å². The van der Waals surface area contributed by atoms with Gasteiger partial charge in [0.15, 0.2) is 0 Å². The van der Waals surface area contributed by atoms with E-state index in [0.29, 0.717) is 17.8 Å². The molecular formula is C19H18N3O5S+. The summed E-state index contributed by atoms with van der Waals surface area (Å²) in [6.45, 7) is 1.84. The largest absolute Gasteiger partial charge is 0.478 e. The molecule has 0 fully saturated rings. The van der Waals surface area contributed by atoms with E-state index in [0.717, 1.165) is 11.8 Å². The first-order valence-electron chi connectivity index (χ1n) is 8.49. The number of carbonyl (C=O) groups is 2. The van der Waals surface area contributed by atoms with Crippen LogP contribution in [-0.2, 0) is 4.79 Å². The van der Waals surface area contributed by atoms with Crippen LogP contribution in [0.25, 0.3) is 5.69 Å². The molecule has 0 saturated carbocycles. The van der Waals surface area contributed by atoms with Crippen molar-refractivity contribution < 1.29 is 23.9 Å². The predicted octanol–water partition coefficient (Wildman–Crippen LogP) is 2.45. The van der Waals surface area contributed by atoms with Crippen molar-refractivity contribution in [2.45, 2.75) is 23.6 Å². The van der Waals surface area contributed by atoms with Gasteiger partial charge in [-0.3, -0.25) is 9.32 Å². The molecule has 0 bridgehead atoms. The Balaban J connectivity index is 1.77. The average Bonchev–Trinajstić information content (AvgIpc) is 3.07. The lowest BCUT2D eigenvalue weighted by molar-refractivity contribution is -0.704. The van der Waals surface area contributed by atoms with Crippen molar-refractivity contribution in [1.29, 1.82) is 0 Å². The molecule has 28 heavy (non-hydrogen) atoms. The van der Waals surface area contributed by atoms with Crippen molar-refractivity contribution in [3.8, 4) is 5.69 Å². The fourth-order valence-electron chi connectivity index (χ4n) is 2.49. The summed E-state index contributed by atoms with van der Waals surface area (Å²) >= 11 is 1.10. The lowest BCUT2D eigenvalue weighted by atomic mass is 10.2. The number of aromatic carboxylic acids is 1. The van der Waals surface area contributed by atoms with Gasteiger partial charge in [-0.25, -0.2) is 9.59 Å². The van der Waals surface area contributed by atoms with Crippen molar-refractivity contribution in [3.63, 3.8) is 0 Å². The quantitative estimate of drug-likeness (QED) is 0.414. The summed E-state index contributed by atoms with van der Waals surface area (Å²) in [6.07, 6.45) is 0.475. The molecule has 8 nitrogen and oxygen atoms in total. The van der Waals surface area contributed by atoms with Crippen LogP contribution in [0.3, 0.4) is 0 Å². The van der Waals surface area contributed by atoms with E-state index in [9.17, 15) is 14.4 Å². The maximum atomic E-state index is 12.6. The van der Waals surface area contributed by atoms with Crippen LogP contribution >= 0.6 is 11.8 Å². The topological polar surface area (TPSA) is 116 Å². The zero-order valence-corrected chi connectivity index (χ0v) is 15.7. The number of hydrogen-bond donors (Lipinski definition) is 3. The van der Waals surface area contributed by atoms with Crippen LogP contribution in [0.1, 0.15) is 23.7 Å². The monoisotopic (exact) mass is 400 g/mol. The number of nitrogens with zero attached hydrogens (tertiary/aromatic N) is 1. The second-order valence-corrected chi connectivity index (χ2v) is 7.03. The normalized spacial score (nSPS) is 11.8. The maximum absolute atomic E-state index is 12.6. The molecule has 3 N–H and O–H groups in total. The standard InChI is InChI=1S/C19H17N3O5S/c1-2-15(16(23)20-13-10-8-12(9-11-13)18(24)25)28-17-19(26)27-21-22(17)14-6-4-3-5-7-14/h3-11,15H,2H2,1H3,(H2-,20,21,23,24,25,26)/p+1. The van der Waals surface area contributed by atoms with Crippen LogP contribution in [0.2, 0.25) is 0 Å². The molecule has 0 aliphatic rings. The fraction of sp³-hybridized carbons (Fsp3) is 0.158. The summed E-state index contributed by atoms with van der Waals surface area (Å²) in [7, 11) is 0. The maximum Gasteiger partial charge on any atom is 0.442 e. The summed E-state index contributed by atoms with van der Waals surface area (Å²) in [4.78, 5) is 35.7. The Morgan fingerprint density at radius 2 is 1.86 bits per heavy atom. The molecule has 0 aliphatic heterocycles. The summed E-state index contributed by atoms with van der Waals surface area (Å²) in [5, 5.41) is 13.9. The van der Waals surface area contributed by atoms with Gasteiger partial charge in [-0.15, -0.1) is 0 Å². The third-order valence-corrected chi connectivity index (χ3v) is 5.34. The van der Waals surface area contributed by atoms with E-state index in [2.05, 4.69) is 10.6 Å². The third-order valence-electron chi connectivity index (χ3n) is 3.94. The second-order valence-electron chi connectivity index (χ2n) is 5.84. The van der Waals surface area contributed by atoms with Gasteiger partial charge in [0.05, 0.1) is 10.8 Å². The number of nitrogens with one attached hydrogen (secondary N) is 2. The highest BCUT2D eigenvalue weighted by Crippen LogP contribution is 2.23. The molecule has 0 radical (unpaired) electrons. The first-order valence-corrected chi connectivity index (χ1v) is 9.37. The summed E-state index contributed by atoms with van der Waals surface area (Å²) in [6, 6.07) is 15.0. The number of amides is 1. The Morgan fingerprint density at radius 1 is 1.18 bits per heavy atom. The molecule has 1 atom stereocenters. The number of aromatic amines is 1. The van der Waals surface area contributed by atoms with E-state index in [-0.39, 0.29) is 16.5 Å². The van der Waals surface area contributed by atoms with E-state index in [1.807, 2.05) is 25.1 Å². The number of carboxylic acids is 1. The van der Waals surface area contributed by atoms with Gasteiger partial charge in [0.1, 0.15) is 0 Å². The summed E-state index contributed by atoms with van der Waals surface area (Å²) in [5.74, 6) is -1.33. The molecule has 0 aliphatic carbocycles.